The topological polar surface area (TPSA) is 82.5 Å². The van der Waals surface area contributed by atoms with Crippen LogP contribution in [-0.4, -0.2) is 56.4 Å². The van der Waals surface area contributed by atoms with Crippen molar-refractivity contribution in [3.05, 3.63) is 73.3 Å². The van der Waals surface area contributed by atoms with Crippen molar-refractivity contribution in [1.82, 2.24) is 24.3 Å². The number of nitriles is 1. The maximum atomic E-state index is 11.8. The minimum Gasteiger partial charge on any atom is -0.371 e. The highest BCUT2D eigenvalue weighted by Crippen LogP contribution is 2.42. The van der Waals surface area contributed by atoms with Gasteiger partial charge in [-0.05, 0) is 49.6 Å². The lowest BCUT2D eigenvalue weighted by molar-refractivity contribution is -0.139. The van der Waals surface area contributed by atoms with E-state index in [0.717, 1.165) is 73.3 Å². The number of carbonyl (C=O) groups is 1. The summed E-state index contributed by atoms with van der Waals surface area (Å²) in [4.78, 5) is 16.2. The van der Waals surface area contributed by atoms with Crippen LogP contribution in [-0.2, 0) is 11.3 Å². The highest BCUT2D eigenvalue weighted by atomic mass is 16.2. The molecule has 0 aliphatic carbocycles. The van der Waals surface area contributed by atoms with Gasteiger partial charge in [-0.1, -0.05) is 18.7 Å². The van der Waals surface area contributed by atoms with Gasteiger partial charge in [0.2, 0.25) is 5.91 Å². The Morgan fingerprint density at radius 3 is 2.49 bits per heavy atom. The van der Waals surface area contributed by atoms with Gasteiger partial charge < -0.3 is 9.80 Å². The van der Waals surface area contributed by atoms with E-state index in [-0.39, 0.29) is 11.3 Å². The first-order chi connectivity index (χ1) is 18.0. The molecule has 5 heterocycles. The molecular formula is C29H29N7O. The van der Waals surface area contributed by atoms with E-state index in [1.165, 1.54) is 11.8 Å². The summed E-state index contributed by atoms with van der Waals surface area (Å²) in [6.07, 6.45) is 11.1. The predicted molar refractivity (Wildman–Crippen MR) is 143 cm³/mol. The van der Waals surface area contributed by atoms with E-state index in [1.807, 2.05) is 28.2 Å². The van der Waals surface area contributed by atoms with Gasteiger partial charge in [0.25, 0.3) is 0 Å². The molecule has 3 aromatic heterocycles. The first-order valence-corrected chi connectivity index (χ1v) is 12.7. The number of hydrogen-bond donors (Lipinski definition) is 0. The summed E-state index contributed by atoms with van der Waals surface area (Å²) in [6, 6.07) is 13.0. The van der Waals surface area contributed by atoms with Crippen LogP contribution >= 0.6 is 0 Å². The summed E-state index contributed by atoms with van der Waals surface area (Å²) >= 11 is 0. The Labute approximate surface area is 216 Å². The lowest BCUT2D eigenvalue weighted by Gasteiger charge is -2.54. The molecule has 6 rings (SSSR count). The molecule has 8 nitrogen and oxygen atoms in total. The van der Waals surface area contributed by atoms with Gasteiger partial charge in [-0.15, -0.1) is 0 Å². The number of piperidine rings is 1. The van der Waals surface area contributed by atoms with Crippen molar-refractivity contribution in [3.8, 4) is 28.3 Å². The lowest BCUT2D eigenvalue weighted by Crippen LogP contribution is -2.61. The molecule has 1 amide bonds. The Morgan fingerprint density at radius 1 is 1.08 bits per heavy atom. The van der Waals surface area contributed by atoms with Gasteiger partial charge in [-0.2, -0.15) is 15.5 Å². The van der Waals surface area contributed by atoms with Crippen LogP contribution in [0.4, 0.5) is 5.69 Å². The van der Waals surface area contributed by atoms with E-state index in [9.17, 15) is 10.1 Å². The number of benzene rings is 1. The summed E-state index contributed by atoms with van der Waals surface area (Å²) in [7, 11) is 0. The van der Waals surface area contributed by atoms with Crippen molar-refractivity contribution < 1.29 is 4.79 Å². The van der Waals surface area contributed by atoms with Gasteiger partial charge in [0.15, 0.2) is 0 Å². The van der Waals surface area contributed by atoms with Crippen molar-refractivity contribution in [2.75, 3.05) is 31.1 Å². The van der Waals surface area contributed by atoms with Crippen molar-refractivity contribution in [2.45, 2.75) is 26.3 Å². The third-order valence-electron chi connectivity index (χ3n) is 7.93. The van der Waals surface area contributed by atoms with E-state index < -0.39 is 0 Å². The number of rotatable bonds is 5. The summed E-state index contributed by atoms with van der Waals surface area (Å²) in [5.74, 6) is 0.0405. The Morgan fingerprint density at radius 2 is 1.84 bits per heavy atom. The van der Waals surface area contributed by atoms with Crippen LogP contribution in [0, 0.1) is 16.7 Å². The van der Waals surface area contributed by atoms with Crippen LogP contribution < -0.4 is 4.90 Å². The van der Waals surface area contributed by atoms with Crippen LogP contribution in [0.2, 0.25) is 0 Å². The minimum absolute atomic E-state index is 0.0405. The van der Waals surface area contributed by atoms with E-state index in [0.29, 0.717) is 5.56 Å². The number of anilines is 1. The van der Waals surface area contributed by atoms with Crippen molar-refractivity contribution >= 4 is 17.1 Å². The second-order valence-electron chi connectivity index (χ2n) is 10.1. The fourth-order valence-electron chi connectivity index (χ4n) is 5.72. The molecule has 2 aliphatic rings. The van der Waals surface area contributed by atoms with Crippen LogP contribution in [0.1, 0.15) is 25.3 Å². The normalized spacial score (nSPS) is 16.5. The van der Waals surface area contributed by atoms with Gasteiger partial charge >= 0.3 is 0 Å². The summed E-state index contributed by atoms with van der Waals surface area (Å²) in [6.45, 7) is 10.1. The second kappa shape index (κ2) is 8.93. The fourth-order valence-corrected chi connectivity index (χ4v) is 5.72. The zero-order valence-corrected chi connectivity index (χ0v) is 21.0. The molecule has 1 aromatic carbocycles. The van der Waals surface area contributed by atoms with E-state index >= 15 is 0 Å². The highest BCUT2D eigenvalue weighted by Gasteiger charge is 2.46. The molecule has 2 saturated heterocycles. The molecule has 2 aliphatic heterocycles. The lowest BCUT2D eigenvalue weighted by atomic mass is 9.72. The fraction of sp³-hybridized carbons (Fsp3) is 0.310. The first kappa shape index (κ1) is 23.0. The van der Waals surface area contributed by atoms with Crippen molar-refractivity contribution in [3.63, 3.8) is 0 Å². The van der Waals surface area contributed by atoms with Crippen molar-refractivity contribution in [1.29, 1.82) is 5.26 Å². The maximum Gasteiger partial charge on any atom is 0.245 e. The van der Waals surface area contributed by atoms with Crippen LogP contribution in [0.25, 0.3) is 27.8 Å². The number of carbonyl (C=O) groups excluding carboxylic acids is 1. The molecule has 2 fully saturated rings. The third kappa shape index (κ3) is 3.97. The third-order valence-corrected chi connectivity index (χ3v) is 7.93. The zero-order valence-electron chi connectivity index (χ0n) is 21.0. The average molecular weight is 492 g/mol. The van der Waals surface area contributed by atoms with Gasteiger partial charge in [0.05, 0.1) is 23.5 Å². The van der Waals surface area contributed by atoms with Gasteiger partial charge in [-0.25, -0.2) is 4.52 Å². The molecule has 0 bridgehead atoms. The highest BCUT2D eigenvalue weighted by molar-refractivity contribution is 5.88. The Kier molecular flexibility index (Phi) is 5.56. The SMILES string of the molecule is C=CC(=O)N1CC2(CCN(c3ccc(-c4cc(-c5cnn(CC)c5)cn5ncc(C#N)c45)cc3)CC2)C1. The largest absolute Gasteiger partial charge is 0.371 e. The average Bonchev–Trinajstić information content (AvgIpc) is 3.58. The van der Waals surface area contributed by atoms with Crippen LogP contribution in [0.3, 0.4) is 0 Å². The van der Waals surface area contributed by atoms with E-state index in [4.69, 9.17) is 0 Å². The number of likely N-dealkylation sites (tertiary alicyclic amines) is 1. The van der Waals surface area contributed by atoms with Crippen LogP contribution in [0.5, 0.6) is 0 Å². The zero-order chi connectivity index (χ0) is 25.6. The summed E-state index contributed by atoms with van der Waals surface area (Å²) < 4.78 is 3.70. The molecule has 0 unspecified atom stereocenters. The number of aryl methyl sites for hydroxylation is 1. The minimum atomic E-state index is 0.0405. The maximum absolute atomic E-state index is 11.8. The Bertz CT molecular complexity index is 1520. The van der Waals surface area contributed by atoms with E-state index in [1.54, 1.807) is 10.7 Å². The molecule has 0 radical (unpaired) electrons. The number of pyridine rings is 1. The van der Waals surface area contributed by atoms with E-state index in [2.05, 4.69) is 65.0 Å². The predicted octanol–water partition coefficient (Wildman–Crippen LogP) is 4.37. The number of nitrogens with zero attached hydrogens (tertiary/aromatic N) is 7. The standard InChI is InChI=1S/C29H29N7O/c1-3-27(37)34-19-29(20-34)9-11-33(12-10-29)25-7-5-21(6-8-25)26-13-22(24-16-31-35(4-2)17-24)18-36-28(26)23(14-30)15-32-36/h3,5-8,13,15-18H,1,4,9-12,19-20H2,2H3. The molecule has 0 atom stereocenters. The molecular weight excluding hydrogens is 462 g/mol. The molecule has 0 N–H and O–H groups in total. The number of hydrogen-bond acceptors (Lipinski definition) is 5. The first-order valence-electron chi connectivity index (χ1n) is 12.7. The number of fused-ring (bicyclic) bond motifs is 1. The van der Waals surface area contributed by atoms with Crippen LogP contribution in [0.15, 0.2) is 67.8 Å². The summed E-state index contributed by atoms with van der Waals surface area (Å²) in [5.41, 5.74) is 6.87. The smallest absolute Gasteiger partial charge is 0.245 e. The quantitative estimate of drug-likeness (QED) is 0.387. The Hall–Kier alpha value is -4.38. The molecule has 4 aromatic rings. The van der Waals surface area contributed by atoms with Crippen molar-refractivity contribution in [2.24, 2.45) is 5.41 Å². The molecule has 0 saturated carbocycles. The molecule has 37 heavy (non-hydrogen) atoms. The molecule has 186 valence electrons. The number of aromatic nitrogens is 4. The monoisotopic (exact) mass is 491 g/mol. The summed E-state index contributed by atoms with van der Waals surface area (Å²) in [5, 5.41) is 18.6. The van der Waals surface area contributed by atoms with Gasteiger partial charge in [0, 0.05) is 72.9 Å². The Balaban J connectivity index is 1.26. The second-order valence-corrected chi connectivity index (χ2v) is 10.1. The van der Waals surface area contributed by atoms with Gasteiger partial charge in [-0.3, -0.25) is 9.48 Å². The molecule has 8 heteroatoms. The molecule has 1 spiro atoms. The number of amides is 1. The van der Waals surface area contributed by atoms with Gasteiger partial charge in [0.1, 0.15) is 6.07 Å².